The van der Waals surface area contributed by atoms with Crippen molar-refractivity contribution in [2.24, 2.45) is 0 Å². The molecule has 7 heteroatoms. The highest BCUT2D eigenvalue weighted by Gasteiger charge is 2.12. The lowest BCUT2D eigenvalue weighted by Crippen LogP contribution is -2.13. The van der Waals surface area contributed by atoms with Crippen LogP contribution in [0.1, 0.15) is 5.69 Å². The number of amides is 1. The normalized spacial score (nSPS) is 10.9. The SMILES string of the molecule is COc1cccc(-c2nc(/C=C(\C#N)C(=O)Nc3ccc(F)cc3)cs2)c1. The molecule has 1 aromatic heterocycles. The lowest BCUT2D eigenvalue weighted by atomic mass is 10.2. The van der Waals surface area contributed by atoms with E-state index in [0.717, 1.165) is 16.3 Å². The molecule has 2 aromatic carbocycles. The topological polar surface area (TPSA) is 75.0 Å². The van der Waals surface area contributed by atoms with Crippen LogP contribution in [0, 0.1) is 17.1 Å². The number of ether oxygens (including phenoxy) is 1. The molecule has 27 heavy (non-hydrogen) atoms. The summed E-state index contributed by atoms with van der Waals surface area (Å²) in [4.78, 5) is 16.7. The van der Waals surface area contributed by atoms with E-state index in [-0.39, 0.29) is 5.57 Å². The van der Waals surface area contributed by atoms with Gasteiger partial charge in [-0.1, -0.05) is 12.1 Å². The van der Waals surface area contributed by atoms with E-state index in [1.165, 1.54) is 41.7 Å². The van der Waals surface area contributed by atoms with Crippen LogP contribution in [0.25, 0.3) is 16.6 Å². The Balaban J connectivity index is 1.79. The standard InChI is InChI=1S/C20H14FN3O2S/c1-26-18-4-2-3-13(10-18)20-24-17(12-27-20)9-14(11-22)19(25)23-16-7-5-15(21)6-8-16/h2-10,12H,1H3,(H,23,25)/b14-9+. The molecule has 5 nitrogen and oxygen atoms in total. The number of hydrogen-bond acceptors (Lipinski definition) is 5. The van der Waals surface area contributed by atoms with E-state index in [1.54, 1.807) is 12.5 Å². The molecule has 0 saturated heterocycles. The maximum atomic E-state index is 12.9. The van der Waals surface area contributed by atoms with Crippen LogP contribution in [0.15, 0.2) is 59.5 Å². The largest absolute Gasteiger partial charge is 0.497 e. The van der Waals surface area contributed by atoms with Crippen LogP contribution in [0.4, 0.5) is 10.1 Å². The van der Waals surface area contributed by atoms with E-state index < -0.39 is 11.7 Å². The minimum Gasteiger partial charge on any atom is -0.497 e. The third-order valence-electron chi connectivity index (χ3n) is 3.60. The van der Waals surface area contributed by atoms with Crippen molar-refractivity contribution in [3.63, 3.8) is 0 Å². The molecule has 0 unspecified atom stereocenters. The Bertz CT molecular complexity index is 1040. The second-order valence-electron chi connectivity index (χ2n) is 5.44. The monoisotopic (exact) mass is 379 g/mol. The zero-order chi connectivity index (χ0) is 19.2. The number of thiazole rings is 1. The molecule has 0 aliphatic carbocycles. The summed E-state index contributed by atoms with van der Waals surface area (Å²) in [6.45, 7) is 0. The quantitative estimate of drug-likeness (QED) is 0.523. The predicted octanol–water partition coefficient (Wildman–Crippen LogP) is 4.50. The van der Waals surface area contributed by atoms with Gasteiger partial charge in [-0.3, -0.25) is 4.79 Å². The van der Waals surface area contributed by atoms with Crippen molar-refractivity contribution in [1.29, 1.82) is 5.26 Å². The van der Waals surface area contributed by atoms with Gasteiger partial charge in [0.1, 0.15) is 28.2 Å². The van der Waals surface area contributed by atoms with Crippen molar-refractivity contribution in [3.05, 3.63) is 71.0 Å². The minimum absolute atomic E-state index is 0.0955. The van der Waals surface area contributed by atoms with E-state index in [0.29, 0.717) is 11.4 Å². The summed E-state index contributed by atoms with van der Waals surface area (Å²) in [5.41, 5.74) is 1.69. The third-order valence-corrected chi connectivity index (χ3v) is 4.51. The average molecular weight is 379 g/mol. The van der Waals surface area contributed by atoms with Gasteiger partial charge in [-0.2, -0.15) is 5.26 Å². The van der Waals surface area contributed by atoms with Gasteiger partial charge in [0.25, 0.3) is 5.91 Å². The number of rotatable bonds is 5. The van der Waals surface area contributed by atoms with Gasteiger partial charge in [-0.15, -0.1) is 11.3 Å². The van der Waals surface area contributed by atoms with Gasteiger partial charge in [-0.25, -0.2) is 9.37 Å². The van der Waals surface area contributed by atoms with Crippen molar-refractivity contribution in [2.75, 3.05) is 12.4 Å². The summed E-state index contributed by atoms with van der Waals surface area (Å²) in [6, 6.07) is 14.6. The lowest BCUT2D eigenvalue weighted by Gasteiger charge is -2.03. The third kappa shape index (κ3) is 4.57. The Morgan fingerprint density at radius 1 is 1.30 bits per heavy atom. The van der Waals surface area contributed by atoms with E-state index >= 15 is 0 Å². The van der Waals surface area contributed by atoms with Crippen LogP contribution in [0.5, 0.6) is 5.75 Å². The number of carbonyl (C=O) groups excluding carboxylic acids is 1. The van der Waals surface area contributed by atoms with Gasteiger partial charge in [-0.05, 0) is 42.5 Å². The van der Waals surface area contributed by atoms with Gasteiger partial charge >= 0.3 is 0 Å². The molecule has 134 valence electrons. The molecular weight excluding hydrogens is 365 g/mol. The molecule has 0 radical (unpaired) electrons. The molecule has 1 heterocycles. The number of benzene rings is 2. The summed E-state index contributed by atoms with van der Waals surface area (Å²) in [6.07, 6.45) is 1.42. The number of nitriles is 1. The number of aromatic nitrogens is 1. The number of hydrogen-bond donors (Lipinski definition) is 1. The minimum atomic E-state index is -0.583. The Morgan fingerprint density at radius 3 is 2.78 bits per heavy atom. The average Bonchev–Trinajstić information content (AvgIpc) is 3.16. The van der Waals surface area contributed by atoms with Gasteiger partial charge in [0.15, 0.2) is 0 Å². The van der Waals surface area contributed by atoms with Crippen LogP contribution < -0.4 is 10.1 Å². The zero-order valence-electron chi connectivity index (χ0n) is 14.3. The smallest absolute Gasteiger partial charge is 0.266 e. The molecule has 0 spiro atoms. The number of nitrogens with one attached hydrogen (secondary N) is 1. The first-order chi connectivity index (χ1) is 13.1. The maximum absolute atomic E-state index is 12.9. The Kier molecular flexibility index (Phi) is 5.59. The van der Waals surface area contributed by atoms with Gasteiger partial charge in [0, 0.05) is 16.6 Å². The number of nitrogens with zero attached hydrogens (tertiary/aromatic N) is 2. The summed E-state index contributed by atoms with van der Waals surface area (Å²) in [5, 5.41) is 14.4. The number of anilines is 1. The summed E-state index contributed by atoms with van der Waals surface area (Å²) < 4.78 is 18.1. The van der Waals surface area contributed by atoms with E-state index in [1.807, 2.05) is 30.3 Å². The highest BCUT2D eigenvalue weighted by atomic mass is 32.1. The molecule has 0 aliphatic rings. The summed E-state index contributed by atoms with van der Waals surface area (Å²) >= 11 is 1.40. The Morgan fingerprint density at radius 2 is 2.07 bits per heavy atom. The van der Waals surface area contributed by atoms with E-state index in [2.05, 4.69) is 10.3 Å². The number of methoxy groups -OCH3 is 1. The summed E-state index contributed by atoms with van der Waals surface area (Å²) in [5.74, 6) is -0.271. The highest BCUT2D eigenvalue weighted by molar-refractivity contribution is 7.13. The fraction of sp³-hybridized carbons (Fsp3) is 0.0500. The molecular formula is C20H14FN3O2S. The molecule has 0 atom stereocenters. The molecule has 1 N–H and O–H groups in total. The molecule has 0 fully saturated rings. The van der Waals surface area contributed by atoms with Crippen LogP contribution in [-0.2, 0) is 4.79 Å². The van der Waals surface area contributed by atoms with Crippen LogP contribution in [0.3, 0.4) is 0 Å². The number of halogens is 1. The molecule has 1 amide bonds. The van der Waals surface area contributed by atoms with Crippen molar-refractivity contribution < 1.29 is 13.9 Å². The molecule has 3 aromatic rings. The Hall–Kier alpha value is -3.50. The van der Waals surface area contributed by atoms with E-state index in [9.17, 15) is 14.4 Å². The number of carbonyl (C=O) groups is 1. The lowest BCUT2D eigenvalue weighted by molar-refractivity contribution is -0.112. The molecule has 0 aliphatic heterocycles. The fourth-order valence-electron chi connectivity index (χ4n) is 2.27. The maximum Gasteiger partial charge on any atom is 0.266 e. The molecule has 0 saturated carbocycles. The fourth-order valence-corrected chi connectivity index (χ4v) is 3.04. The van der Waals surface area contributed by atoms with Crippen molar-refractivity contribution >= 4 is 29.0 Å². The summed E-state index contributed by atoms with van der Waals surface area (Å²) in [7, 11) is 1.59. The van der Waals surface area contributed by atoms with Crippen molar-refractivity contribution in [3.8, 4) is 22.4 Å². The van der Waals surface area contributed by atoms with Crippen LogP contribution in [0.2, 0.25) is 0 Å². The van der Waals surface area contributed by atoms with Crippen molar-refractivity contribution in [1.82, 2.24) is 4.98 Å². The van der Waals surface area contributed by atoms with Crippen LogP contribution >= 0.6 is 11.3 Å². The van der Waals surface area contributed by atoms with E-state index in [4.69, 9.17) is 4.74 Å². The first kappa shape index (κ1) is 18.3. The molecule has 0 bridgehead atoms. The zero-order valence-corrected chi connectivity index (χ0v) is 15.1. The van der Waals surface area contributed by atoms with Gasteiger partial charge in [0.05, 0.1) is 12.8 Å². The van der Waals surface area contributed by atoms with Crippen LogP contribution in [-0.4, -0.2) is 18.0 Å². The second kappa shape index (κ2) is 8.25. The Labute approximate surface area is 159 Å². The first-order valence-corrected chi connectivity index (χ1v) is 8.75. The highest BCUT2D eigenvalue weighted by Crippen LogP contribution is 2.27. The van der Waals surface area contributed by atoms with Crippen molar-refractivity contribution in [2.45, 2.75) is 0 Å². The second-order valence-corrected chi connectivity index (χ2v) is 6.30. The predicted molar refractivity (Wildman–Crippen MR) is 103 cm³/mol. The first-order valence-electron chi connectivity index (χ1n) is 7.87. The molecule has 3 rings (SSSR count). The van der Waals surface area contributed by atoms with Gasteiger partial charge < -0.3 is 10.1 Å². The van der Waals surface area contributed by atoms with Gasteiger partial charge in [0.2, 0.25) is 0 Å².